The summed E-state index contributed by atoms with van der Waals surface area (Å²) in [5.41, 5.74) is 0.903. The molecule has 0 saturated heterocycles. The van der Waals surface area contributed by atoms with Crippen LogP contribution in [0.4, 0.5) is 5.69 Å². The van der Waals surface area contributed by atoms with Gasteiger partial charge in [0.2, 0.25) is 0 Å². The summed E-state index contributed by atoms with van der Waals surface area (Å²) in [6.45, 7) is 1.46. The van der Waals surface area contributed by atoms with Crippen LogP contribution in [0.3, 0.4) is 0 Å². The Labute approximate surface area is 99.6 Å². The number of non-ortho nitro benzene ring substituents is 1. The molecule has 0 aliphatic carbocycles. The standard InChI is InChI=1S/C10H15BN2O4/c1-11(15)12-9(7-14)6-8-2-4-10(5-3-8)13(16)17/h2-5,9,12,14-15H,6-7H2,1H3. The number of benzene rings is 1. The molecule has 0 saturated carbocycles. The maximum absolute atomic E-state index is 10.5. The number of hydrogen-bond acceptors (Lipinski definition) is 5. The molecule has 0 bridgehead atoms. The van der Waals surface area contributed by atoms with Crippen LogP contribution in [0.2, 0.25) is 6.82 Å². The van der Waals surface area contributed by atoms with Crippen LogP contribution in [0.5, 0.6) is 0 Å². The van der Waals surface area contributed by atoms with Crippen LogP contribution >= 0.6 is 0 Å². The molecule has 6 nitrogen and oxygen atoms in total. The molecular formula is C10H15BN2O4. The van der Waals surface area contributed by atoms with Crippen molar-refractivity contribution in [1.29, 1.82) is 0 Å². The first-order valence-electron chi connectivity index (χ1n) is 5.31. The lowest BCUT2D eigenvalue weighted by Gasteiger charge is -2.16. The van der Waals surface area contributed by atoms with Crippen molar-refractivity contribution in [2.75, 3.05) is 6.61 Å². The van der Waals surface area contributed by atoms with Gasteiger partial charge in [0.15, 0.2) is 0 Å². The molecule has 92 valence electrons. The Morgan fingerprint density at radius 2 is 2.06 bits per heavy atom. The maximum Gasteiger partial charge on any atom is 0.373 e. The zero-order chi connectivity index (χ0) is 12.8. The van der Waals surface area contributed by atoms with E-state index in [4.69, 9.17) is 10.1 Å². The summed E-state index contributed by atoms with van der Waals surface area (Å²) in [5.74, 6) is 0. The Balaban J connectivity index is 2.64. The van der Waals surface area contributed by atoms with Gasteiger partial charge in [0.1, 0.15) is 0 Å². The van der Waals surface area contributed by atoms with Gasteiger partial charge in [0.05, 0.1) is 11.5 Å². The summed E-state index contributed by atoms with van der Waals surface area (Å²) >= 11 is 0. The van der Waals surface area contributed by atoms with Crippen molar-refractivity contribution in [3.8, 4) is 0 Å². The van der Waals surface area contributed by atoms with Gasteiger partial charge < -0.3 is 15.4 Å². The van der Waals surface area contributed by atoms with Crippen molar-refractivity contribution in [3.63, 3.8) is 0 Å². The summed E-state index contributed by atoms with van der Waals surface area (Å²) in [6, 6.07) is 5.87. The van der Waals surface area contributed by atoms with E-state index in [9.17, 15) is 10.1 Å². The first-order valence-corrected chi connectivity index (χ1v) is 5.31. The third-order valence-electron chi connectivity index (χ3n) is 2.33. The van der Waals surface area contributed by atoms with E-state index in [0.29, 0.717) is 6.42 Å². The Bertz CT molecular complexity index is 369. The highest BCUT2D eigenvalue weighted by atomic mass is 16.6. The highest BCUT2D eigenvalue weighted by molar-refractivity contribution is 6.45. The molecule has 1 atom stereocenters. The largest absolute Gasteiger partial charge is 0.437 e. The number of aliphatic hydroxyl groups is 1. The summed E-state index contributed by atoms with van der Waals surface area (Å²) in [5, 5.41) is 31.5. The predicted molar refractivity (Wildman–Crippen MR) is 64.6 cm³/mol. The van der Waals surface area contributed by atoms with E-state index in [1.54, 1.807) is 19.0 Å². The lowest BCUT2D eigenvalue weighted by molar-refractivity contribution is -0.384. The van der Waals surface area contributed by atoms with E-state index < -0.39 is 12.0 Å². The average Bonchev–Trinajstić information content (AvgIpc) is 2.28. The van der Waals surface area contributed by atoms with Crippen molar-refractivity contribution < 1.29 is 15.1 Å². The molecule has 0 radical (unpaired) electrons. The van der Waals surface area contributed by atoms with Gasteiger partial charge in [-0.15, -0.1) is 0 Å². The Hall–Kier alpha value is -1.44. The SMILES string of the molecule is CB(O)NC(CO)Cc1ccc([N+](=O)[O-])cc1. The Kier molecular flexibility index (Phi) is 5.08. The number of nitro benzene ring substituents is 1. The topological polar surface area (TPSA) is 95.6 Å². The molecule has 7 heteroatoms. The number of nitrogens with one attached hydrogen (secondary N) is 1. The van der Waals surface area contributed by atoms with Gasteiger partial charge in [-0.25, -0.2) is 0 Å². The van der Waals surface area contributed by atoms with Crippen LogP contribution in [0.15, 0.2) is 24.3 Å². The van der Waals surface area contributed by atoms with Crippen molar-refractivity contribution in [1.82, 2.24) is 5.23 Å². The molecule has 0 heterocycles. The number of hydrogen-bond donors (Lipinski definition) is 3. The molecule has 17 heavy (non-hydrogen) atoms. The Morgan fingerprint density at radius 1 is 1.47 bits per heavy atom. The highest BCUT2D eigenvalue weighted by Gasteiger charge is 2.13. The molecule has 0 aliphatic rings. The van der Waals surface area contributed by atoms with Gasteiger partial charge in [-0.1, -0.05) is 12.1 Å². The number of nitrogens with zero attached hydrogens (tertiary/aromatic N) is 1. The summed E-state index contributed by atoms with van der Waals surface area (Å²) < 4.78 is 0. The summed E-state index contributed by atoms with van der Waals surface area (Å²) in [6.07, 6.45) is 0.499. The van der Waals surface area contributed by atoms with Crippen LogP contribution in [0.1, 0.15) is 5.56 Å². The Morgan fingerprint density at radius 3 is 2.47 bits per heavy atom. The molecule has 0 spiro atoms. The van der Waals surface area contributed by atoms with Crippen LogP contribution in [0, 0.1) is 10.1 Å². The quantitative estimate of drug-likeness (QED) is 0.373. The van der Waals surface area contributed by atoms with Crippen molar-refractivity contribution in [2.24, 2.45) is 0 Å². The minimum atomic E-state index is -0.704. The van der Waals surface area contributed by atoms with Crippen molar-refractivity contribution >= 4 is 12.7 Å². The smallest absolute Gasteiger partial charge is 0.373 e. The monoisotopic (exact) mass is 238 g/mol. The van der Waals surface area contributed by atoms with Crippen LogP contribution in [-0.4, -0.2) is 34.8 Å². The van der Waals surface area contributed by atoms with Gasteiger partial charge in [0.25, 0.3) is 5.69 Å². The fourth-order valence-electron chi connectivity index (χ4n) is 1.56. The maximum atomic E-state index is 10.5. The highest BCUT2D eigenvalue weighted by Crippen LogP contribution is 2.13. The zero-order valence-electron chi connectivity index (χ0n) is 9.54. The van der Waals surface area contributed by atoms with Crippen LogP contribution < -0.4 is 5.23 Å². The molecule has 0 amide bonds. The fourth-order valence-corrected chi connectivity index (χ4v) is 1.56. The second-order valence-corrected chi connectivity index (χ2v) is 3.85. The van der Waals surface area contributed by atoms with E-state index in [0.717, 1.165) is 5.56 Å². The molecule has 3 N–H and O–H groups in total. The average molecular weight is 238 g/mol. The van der Waals surface area contributed by atoms with Crippen molar-refractivity contribution in [3.05, 3.63) is 39.9 Å². The normalized spacial score (nSPS) is 12.2. The van der Waals surface area contributed by atoms with Crippen LogP contribution in [-0.2, 0) is 6.42 Å². The molecule has 0 aromatic heterocycles. The first-order chi connectivity index (χ1) is 8.02. The number of nitro groups is 1. The van der Waals surface area contributed by atoms with E-state index in [-0.39, 0.29) is 18.3 Å². The molecule has 0 fully saturated rings. The van der Waals surface area contributed by atoms with E-state index in [1.807, 2.05) is 0 Å². The molecule has 1 unspecified atom stereocenters. The molecule has 0 aliphatic heterocycles. The molecule has 1 aromatic carbocycles. The van der Waals surface area contributed by atoms with Gasteiger partial charge in [-0.2, -0.15) is 0 Å². The van der Waals surface area contributed by atoms with Gasteiger partial charge in [0, 0.05) is 18.2 Å². The number of aliphatic hydroxyl groups excluding tert-OH is 1. The van der Waals surface area contributed by atoms with Gasteiger partial charge >= 0.3 is 7.05 Å². The second kappa shape index (κ2) is 6.34. The first kappa shape index (κ1) is 13.6. The predicted octanol–water partition coefficient (Wildman–Crippen LogP) is 0.198. The van der Waals surface area contributed by atoms with E-state index in [1.165, 1.54) is 12.1 Å². The third kappa shape index (κ3) is 4.52. The second-order valence-electron chi connectivity index (χ2n) is 3.85. The number of rotatable bonds is 6. The fraction of sp³-hybridized carbons (Fsp3) is 0.400. The zero-order valence-corrected chi connectivity index (χ0v) is 9.54. The third-order valence-corrected chi connectivity index (χ3v) is 2.33. The summed E-state index contributed by atoms with van der Waals surface area (Å²) in [4.78, 5) is 10.00. The summed E-state index contributed by atoms with van der Waals surface area (Å²) in [7, 11) is -0.704. The lowest BCUT2D eigenvalue weighted by Crippen LogP contribution is -2.43. The lowest BCUT2D eigenvalue weighted by atomic mass is 9.86. The molecule has 1 aromatic rings. The molecule has 1 rings (SSSR count). The van der Waals surface area contributed by atoms with Crippen molar-refractivity contribution in [2.45, 2.75) is 19.3 Å². The van der Waals surface area contributed by atoms with Gasteiger partial charge in [-0.05, 0) is 18.8 Å². The van der Waals surface area contributed by atoms with E-state index in [2.05, 4.69) is 5.23 Å². The molecular weight excluding hydrogens is 223 g/mol. The minimum Gasteiger partial charge on any atom is -0.437 e. The van der Waals surface area contributed by atoms with E-state index >= 15 is 0 Å². The van der Waals surface area contributed by atoms with Gasteiger partial charge in [-0.3, -0.25) is 10.1 Å². The van der Waals surface area contributed by atoms with Crippen LogP contribution in [0.25, 0.3) is 0 Å². The minimum absolute atomic E-state index is 0.0396.